The summed E-state index contributed by atoms with van der Waals surface area (Å²) < 4.78 is 5.56. The van der Waals surface area contributed by atoms with E-state index in [0.29, 0.717) is 6.54 Å². The van der Waals surface area contributed by atoms with Gasteiger partial charge in [0.15, 0.2) is 5.56 Å². The number of hydrogen-bond acceptors (Lipinski definition) is 5. The van der Waals surface area contributed by atoms with Gasteiger partial charge in [-0.1, -0.05) is 6.07 Å². The number of nitro groups is 1. The lowest BCUT2D eigenvalue weighted by Gasteiger charge is -2.23. The molecular formula is C14H15N3O4. The Morgan fingerprint density at radius 1 is 1.62 bits per heavy atom. The molecule has 110 valence electrons. The maximum absolute atomic E-state index is 11.5. The number of hydrogen-bond donors (Lipinski definition) is 0. The van der Waals surface area contributed by atoms with Crippen molar-refractivity contribution in [1.82, 2.24) is 4.90 Å². The number of carbonyl (C=O) groups excluding carboxylic acids is 1. The van der Waals surface area contributed by atoms with E-state index in [9.17, 15) is 14.9 Å². The van der Waals surface area contributed by atoms with Gasteiger partial charge in [0.2, 0.25) is 5.91 Å². The lowest BCUT2D eigenvalue weighted by molar-refractivity contribution is -0.385. The van der Waals surface area contributed by atoms with Crippen molar-refractivity contribution < 1.29 is 14.5 Å². The van der Waals surface area contributed by atoms with Crippen molar-refractivity contribution in [2.24, 2.45) is 0 Å². The van der Waals surface area contributed by atoms with Crippen LogP contribution in [0.25, 0.3) is 0 Å². The number of nitrogens with zero attached hydrogens (tertiary/aromatic N) is 3. The Hall–Kier alpha value is -2.62. The van der Waals surface area contributed by atoms with E-state index < -0.39 is 4.92 Å². The van der Waals surface area contributed by atoms with Crippen LogP contribution < -0.4 is 4.74 Å². The molecule has 1 saturated heterocycles. The number of carbonyl (C=O) groups is 1. The first-order valence-electron chi connectivity index (χ1n) is 6.62. The molecule has 1 aliphatic heterocycles. The molecule has 1 unspecified atom stereocenters. The van der Waals surface area contributed by atoms with E-state index in [2.05, 4.69) is 0 Å². The summed E-state index contributed by atoms with van der Waals surface area (Å²) in [6.45, 7) is 2.44. The first-order valence-corrected chi connectivity index (χ1v) is 6.62. The summed E-state index contributed by atoms with van der Waals surface area (Å²) in [7, 11) is 0. The molecular weight excluding hydrogens is 274 g/mol. The van der Waals surface area contributed by atoms with Crippen LogP contribution in [0.4, 0.5) is 5.69 Å². The minimum absolute atomic E-state index is 0.0133. The molecule has 1 atom stereocenters. The molecule has 0 aliphatic carbocycles. The summed E-state index contributed by atoms with van der Waals surface area (Å²) in [5.74, 6) is 0.169. The third-order valence-electron chi connectivity index (χ3n) is 3.53. The van der Waals surface area contributed by atoms with Gasteiger partial charge in [0.1, 0.15) is 18.4 Å². The molecule has 7 nitrogen and oxygen atoms in total. The van der Waals surface area contributed by atoms with E-state index in [0.717, 1.165) is 12.8 Å². The van der Waals surface area contributed by atoms with Crippen LogP contribution in [0.5, 0.6) is 5.75 Å². The molecule has 1 aromatic rings. The van der Waals surface area contributed by atoms with E-state index in [-0.39, 0.29) is 35.6 Å². The van der Waals surface area contributed by atoms with E-state index >= 15 is 0 Å². The van der Waals surface area contributed by atoms with Gasteiger partial charge >= 0.3 is 0 Å². The maximum Gasteiger partial charge on any atom is 0.290 e. The predicted molar refractivity (Wildman–Crippen MR) is 73.7 cm³/mol. The fraction of sp³-hybridized carbons (Fsp3) is 0.429. The van der Waals surface area contributed by atoms with Gasteiger partial charge in [-0.3, -0.25) is 14.9 Å². The molecule has 1 fully saturated rings. The van der Waals surface area contributed by atoms with Gasteiger partial charge in [0.25, 0.3) is 5.69 Å². The lowest BCUT2D eigenvalue weighted by atomic mass is 10.1. The minimum Gasteiger partial charge on any atom is -0.490 e. The van der Waals surface area contributed by atoms with E-state index in [1.54, 1.807) is 4.90 Å². The van der Waals surface area contributed by atoms with Crippen LogP contribution in [-0.4, -0.2) is 34.9 Å². The molecule has 7 heteroatoms. The quantitative estimate of drug-likeness (QED) is 0.622. The number of benzene rings is 1. The van der Waals surface area contributed by atoms with Crippen LogP contribution in [0.2, 0.25) is 0 Å². The third-order valence-corrected chi connectivity index (χ3v) is 3.53. The molecule has 0 aromatic heterocycles. The standard InChI is InChI=1S/C14H15N3O4/c1-10(18)16-7-3-4-11(16)9-21-14-6-2-5-13(17(19)20)12(14)8-15/h2,5-6,11H,3-4,7,9H2,1H3. The molecule has 0 N–H and O–H groups in total. The van der Waals surface area contributed by atoms with Crippen LogP contribution in [0.15, 0.2) is 18.2 Å². The highest BCUT2D eigenvalue weighted by Crippen LogP contribution is 2.28. The SMILES string of the molecule is CC(=O)N1CCCC1COc1cccc([N+](=O)[O-])c1C#N. The first-order chi connectivity index (χ1) is 10.0. The van der Waals surface area contributed by atoms with Crippen LogP contribution in [0, 0.1) is 21.4 Å². The fourth-order valence-corrected chi connectivity index (χ4v) is 2.51. The Morgan fingerprint density at radius 3 is 3.00 bits per heavy atom. The van der Waals surface area contributed by atoms with Crippen molar-refractivity contribution in [2.75, 3.05) is 13.2 Å². The predicted octanol–water partition coefficient (Wildman–Crippen LogP) is 1.86. The Kier molecular flexibility index (Phi) is 4.38. The van der Waals surface area contributed by atoms with E-state index in [1.807, 2.05) is 6.07 Å². The van der Waals surface area contributed by atoms with Gasteiger partial charge in [-0.05, 0) is 18.9 Å². The Labute approximate surface area is 121 Å². The summed E-state index contributed by atoms with van der Waals surface area (Å²) in [6.07, 6.45) is 1.74. The number of likely N-dealkylation sites (tertiary alicyclic amines) is 1. The van der Waals surface area contributed by atoms with Crippen LogP contribution >= 0.6 is 0 Å². The van der Waals surface area contributed by atoms with Crippen molar-refractivity contribution in [3.8, 4) is 11.8 Å². The zero-order valence-electron chi connectivity index (χ0n) is 11.6. The van der Waals surface area contributed by atoms with E-state index in [1.165, 1.54) is 25.1 Å². The number of amides is 1. The zero-order chi connectivity index (χ0) is 15.4. The monoisotopic (exact) mass is 289 g/mol. The highest BCUT2D eigenvalue weighted by Gasteiger charge is 2.27. The summed E-state index contributed by atoms with van der Waals surface area (Å²) in [4.78, 5) is 23.5. The Bertz CT molecular complexity index is 609. The van der Waals surface area contributed by atoms with Gasteiger partial charge < -0.3 is 9.64 Å². The molecule has 0 saturated carbocycles. The molecule has 0 radical (unpaired) electrons. The van der Waals surface area contributed by atoms with Gasteiger partial charge in [-0.2, -0.15) is 5.26 Å². The smallest absolute Gasteiger partial charge is 0.290 e. The number of rotatable bonds is 4. The molecule has 1 aliphatic rings. The van der Waals surface area contributed by atoms with Gasteiger partial charge in [0, 0.05) is 19.5 Å². The topological polar surface area (TPSA) is 96.5 Å². The zero-order valence-corrected chi connectivity index (χ0v) is 11.6. The highest BCUT2D eigenvalue weighted by atomic mass is 16.6. The summed E-state index contributed by atoms with van der Waals surface area (Å²) in [5.41, 5.74) is -0.361. The normalized spacial score (nSPS) is 17.3. The van der Waals surface area contributed by atoms with Gasteiger partial charge in [-0.25, -0.2) is 0 Å². The summed E-state index contributed by atoms with van der Waals surface area (Å²) in [5, 5.41) is 20.0. The van der Waals surface area contributed by atoms with Gasteiger partial charge in [-0.15, -0.1) is 0 Å². The van der Waals surface area contributed by atoms with Gasteiger partial charge in [0.05, 0.1) is 11.0 Å². The van der Waals surface area contributed by atoms with Crippen molar-refractivity contribution in [2.45, 2.75) is 25.8 Å². The van der Waals surface area contributed by atoms with Crippen molar-refractivity contribution in [3.63, 3.8) is 0 Å². The molecule has 0 bridgehead atoms. The second kappa shape index (κ2) is 6.22. The van der Waals surface area contributed by atoms with Crippen molar-refractivity contribution in [3.05, 3.63) is 33.9 Å². The molecule has 1 amide bonds. The Morgan fingerprint density at radius 2 is 2.38 bits per heavy atom. The van der Waals surface area contributed by atoms with Crippen molar-refractivity contribution >= 4 is 11.6 Å². The fourth-order valence-electron chi connectivity index (χ4n) is 2.51. The molecule has 1 aromatic carbocycles. The molecule has 21 heavy (non-hydrogen) atoms. The van der Waals surface area contributed by atoms with Crippen LogP contribution in [0.1, 0.15) is 25.3 Å². The van der Waals surface area contributed by atoms with E-state index in [4.69, 9.17) is 10.00 Å². The average molecular weight is 289 g/mol. The largest absolute Gasteiger partial charge is 0.490 e. The number of nitro benzene ring substituents is 1. The number of ether oxygens (including phenoxy) is 1. The maximum atomic E-state index is 11.5. The second-order valence-electron chi connectivity index (χ2n) is 4.84. The minimum atomic E-state index is -0.608. The lowest BCUT2D eigenvalue weighted by Crippen LogP contribution is -2.37. The summed E-state index contributed by atoms with van der Waals surface area (Å²) in [6, 6.07) is 6.03. The molecule has 0 spiro atoms. The average Bonchev–Trinajstić information content (AvgIpc) is 2.93. The molecule has 2 rings (SSSR count). The Balaban J connectivity index is 2.14. The van der Waals surface area contributed by atoms with Crippen molar-refractivity contribution in [1.29, 1.82) is 5.26 Å². The third kappa shape index (κ3) is 3.11. The summed E-state index contributed by atoms with van der Waals surface area (Å²) >= 11 is 0. The van der Waals surface area contributed by atoms with Crippen LogP contribution in [-0.2, 0) is 4.79 Å². The second-order valence-corrected chi connectivity index (χ2v) is 4.84. The highest BCUT2D eigenvalue weighted by molar-refractivity contribution is 5.73. The first kappa shape index (κ1) is 14.8. The molecule has 1 heterocycles. The van der Waals surface area contributed by atoms with Crippen LogP contribution in [0.3, 0.4) is 0 Å². The number of nitriles is 1.